The van der Waals surface area contributed by atoms with Gasteiger partial charge >= 0.3 is 5.97 Å². The van der Waals surface area contributed by atoms with Gasteiger partial charge in [-0.2, -0.15) is 0 Å². The lowest BCUT2D eigenvalue weighted by Gasteiger charge is -2.14. The number of carbonyl (C=O) groups excluding carboxylic acids is 2. The number of esters is 1. The van der Waals surface area contributed by atoms with Crippen molar-refractivity contribution in [1.29, 1.82) is 0 Å². The highest BCUT2D eigenvalue weighted by Gasteiger charge is 2.23. The van der Waals surface area contributed by atoms with E-state index in [1.165, 1.54) is 4.57 Å². The van der Waals surface area contributed by atoms with Gasteiger partial charge in [0.15, 0.2) is 5.16 Å². The lowest BCUT2D eigenvalue weighted by atomic mass is 10.2. The van der Waals surface area contributed by atoms with Crippen LogP contribution in [0.1, 0.15) is 33.3 Å². The van der Waals surface area contributed by atoms with Gasteiger partial charge in [0, 0.05) is 17.1 Å². The first kappa shape index (κ1) is 27.7. The molecule has 0 atom stereocenters. The van der Waals surface area contributed by atoms with Crippen molar-refractivity contribution in [3.05, 3.63) is 85.5 Å². The minimum absolute atomic E-state index is 0.0312. The van der Waals surface area contributed by atoms with Gasteiger partial charge in [0.05, 0.1) is 31.4 Å². The molecule has 2 aromatic carbocycles. The molecule has 1 amide bonds. The number of benzene rings is 2. The normalized spacial score (nSPS) is 10.9. The maximum Gasteiger partial charge on any atom is 0.348 e. The van der Waals surface area contributed by atoms with E-state index in [-0.39, 0.29) is 36.9 Å². The number of halogens is 1. The molecule has 0 aliphatic heterocycles. The molecule has 4 aromatic rings. The van der Waals surface area contributed by atoms with Crippen LogP contribution < -0.4 is 15.6 Å². The van der Waals surface area contributed by atoms with Gasteiger partial charge in [-0.1, -0.05) is 59.8 Å². The number of amides is 1. The fourth-order valence-electron chi connectivity index (χ4n) is 3.86. The summed E-state index contributed by atoms with van der Waals surface area (Å²) in [6.07, 6.45) is 0. The third kappa shape index (κ3) is 6.03. The van der Waals surface area contributed by atoms with E-state index in [1.54, 1.807) is 27.0 Å². The standard InChI is InChI=1S/C27H26ClN3O5S2/c1-4-36-26(34)23-16(2)22-24(38-23)30-27(31(25(22)33)14-18-10-6-8-12-20(18)35-3)37-15-21(32)29-13-17-9-5-7-11-19(17)28/h5-12H,4,13-15H2,1-3H3,(H,29,32). The Morgan fingerprint density at radius 1 is 1.13 bits per heavy atom. The minimum atomic E-state index is -0.489. The van der Waals surface area contributed by atoms with Crippen LogP contribution in [-0.4, -0.2) is 40.9 Å². The Morgan fingerprint density at radius 2 is 1.84 bits per heavy atom. The molecule has 0 aliphatic carbocycles. The van der Waals surface area contributed by atoms with Crippen molar-refractivity contribution >= 4 is 56.8 Å². The summed E-state index contributed by atoms with van der Waals surface area (Å²) in [5, 5.41) is 4.15. The average molecular weight is 572 g/mol. The van der Waals surface area contributed by atoms with Crippen LogP contribution in [0.2, 0.25) is 5.02 Å². The van der Waals surface area contributed by atoms with Crippen molar-refractivity contribution in [3.8, 4) is 5.75 Å². The second-order valence-electron chi connectivity index (χ2n) is 8.21. The fraction of sp³-hybridized carbons (Fsp3) is 0.259. The van der Waals surface area contributed by atoms with Gasteiger partial charge in [0.25, 0.3) is 5.56 Å². The molecule has 8 nitrogen and oxygen atoms in total. The number of nitrogens with zero attached hydrogens (tertiary/aromatic N) is 2. The first-order chi connectivity index (χ1) is 18.3. The number of aryl methyl sites for hydroxylation is 1. The molecule has 1 N–H and O–H groups in total. The highest BCUT2D eigenvalue weighted by atomic mass is 35.5. The predicted molar refractivity (Wildman–Crippen MR) is 151 cm³/mol. The molecule has 2 aromatic heterocycles. The molecular weight excluding hydrogens is 546 g/mol. The Kier molecular flexibility index (Phi) is 9.09. The average Bonchev–Trinajstić information content (AvgIpc) is 3.25. The number of methoxy groups -OCH3 is 1. The molecule has 0 aliphatic rings. The van der Waals surface area contributed by atoms with Gasteiger partial charge in [-0.25, -0.2) is 9.78 Å². The van der Waals surface area contributed by atoms with E-state index in [4.69, 9.17) is 26.1 Å². The molecule has 2 heterocycles. The van der Waals surface area contributed by atoms with Crippen molar-refractivity contribution in [2.75, 3.05) is 19.5 Å². The van der Waals surface area contributed by atoms with E-state index in [9.17, 15) is 14.4 Å². The number of fused-ring (bicyclic) bond motifs is 1. The van der Waals surface area contributed by atoms with Crippen LogP contribution in [0.4, 0.5) is 0 Å². The smallest absolute Gasteiger partial charge is 0.348 e. The first-order valence-corrected chi connectivity index (χ1v) is 14.0. The van der Waals surface area contributed by atoms with Crippen molar-refractivity contribution < 1.29 is 19.1 Å². The number of rotatable bonds is 10. The highest BCUT2D eigenvalue weighted by molar-refractivity contribution is 7.99. The maximum absolute atomic E-state index is 13.8. The van der Waals surface area contributed by atoms with Gasteiger partial charge in [0.2, 0.25) is 5.91 Å². The van der Waals surface area contributed by atoms with Crippen LogP contribution in [0.5, 0.6) is 5.75 Å². The highest BCUT2D eigenvalue weighted by Crippen LogP contribution is 2.30. The molecule has 0 saturated heterocycles. The Labute approximate surface area is 232 Å². The zero-order chi connectivity index (χ0) is 27.2. The molecule has 38 heavy (non-hydrogen) atoms. The number of hydrogen-bond acceptors (Lipinski definition) is 8. The fourth-order valence-corrected chi connectivity index (χ4v) is 6.01. The number of ether oxygens (including phenoxy) is 2. The zero-order valence-corrected chi connectivity index (χ0v) is 23.5. The maximum atomic E-state index is 13.8. The van der Waals surface area contributed by atoms with Gasteiger partial charge < -0.3 is 14.8 Å². The van der Waals surface area contributed by atoms with Gasteiger partial charge in [-0.15, -0.1) is 11.3 Å². The predicted octanol–water partition coefficient (Wildman–Crippen LogP) is 5.06. The van der Waals surface area contributed by atoms with Gasteiger partial charge in [0.1, 0.15) is 15.5 Å². The van der Waals surface area contributed by atoms with Crippen LogP contribution in [0.15, 0.2) is 58.5 Å². The van der Waals surface area contributed by atoms with Gasteiger partial charge in [-0.3, -0.25) is 14.2 Å². The monoisotopic (exact) mass is 571 g/mol. The SMILES string of the molecule is CCOC(=O)c1sc2nc(SCC(=O)NCc3ccccc3Cl)n(Cc3ccccc3OC)c(=O)c2c1C. The molecule has 11 heteroatoms. The number of hydrogen-bond donors (Lipinski definition) is 1. The lowest BCUT2D eigenvalue weighted by molar-refractivity contribution is -0.118. The number of thioether (sulfide) groups is 1. The molecule has 0 bridgehead atoms. The second-order valence-corrected chi connectivity index (χ2v) is 10.6. The summed E-state index contributed by atoms with van der Waals surface area (Å²) in [6, 6.07) is 14.7. The molecule has 0 fully saturated rings. The van der Waals surface area contributed by atoms with Crippen LogP contribution >= 0.6 is 34.7 Å². The number of nitrogens with one attached hydrogen (secondary N) is 1. The Balaban J connectivity index is 1.67. The molecule has 0 radical (unpaired) electrons. The Hall–Kier alpha value is -3.34. The molecule has 0 saturated carbocycles. The lowest BCUT2D eigenvalue weighted by Crippen LogP contribution is -2.27. The number of thiophene rings is 1. The van der Waals surface area contributed by atoms with E-state index in [0.29, 0.717) is 36.6 Å². The molecule has 0 spiro atoms. The van der Waals surface area contributed by atoms with Crippen LogP contribution in [-0.2, 0) is 22.6 Å². The zero-order valence-electron chi connectivity index (χ0n) is 21.1. The summed E-state index contributed by atoms with van der Waals surface area (Å²) in [5.74, 6) is -0.0645. The van der Waals surface area contributed by atoms with E-state index in [2.05, 4.69) is 5.32 Å². The summed E-state index contributed by atoms with van der Waals surface area (Å²) in [7, 11) is 1.57. The Bertz CT molecular complexity index is 1550. The third-order valence-electron chi connectivity index (χ3n) is 5.76. The van der Waals surface area contributed by atoms with Crippen LogP contribution in [0.25, 0.3) is 10.2 Å². The topological polar surface area (TPSA) is 99.5 Å². The molecular formula is C27H26ClN3O5S2. The van der Waals surface area contributed by atoms with Crippen molar-refractivity contribution in [1.82, 2.24) is 14.9 Å². The van der Waals surface area contributed by atoms with E-state index >= 15 is 0 Å². The first-order valence-electron chi connectivity index (χ1n) is 11.8. The van der Waals surface area contributed by atoms with E-state index < -0.39 is 5.97 Å². The number of carbonyl (C=O) groups is 2. The number of aromatic nitrogens is 2. The van der Waals surface area contributed by atoms with Crippen molar-refractivity contribution in [3.63, 3.8) is 0 Å². The quantitative estimate of drug-likeness (QED) is 0.161. The van der Waals surface area contributed by atoms with Crippen LogP contribution in [0.3, 0.4) is 0 Å². The van der Waals surface area contributed by atoms with Gasteiger partial charge in [-0.05, 0) is 37.1 Å². The van der Waals surface area contributed by atoms with Crippen molar-refractivity contribution in [2.45, 2.75) is 32.1 Å². The molecule has 0 unspecified atom stereocenters. The van der Waals surface area contributed by atoms with E-state index in [1.807, 2.05) is 42.5 Å². The summed E-state index contributed by atoms with van der Waals surface area (Å²) in [6.45, 7) is 4.13. The summed E-state index contributed by atoms with van der Waals surface area (Å²) < 4.78 is 12.2. The second kappa shape index (κ2) is 12.5. The Morgan fingerprint density at radius 3 is 2.55 bits per heavy atom. The third-order valence-corrected chi connectivity index (χ3v) is 8.27. The van der Waals surface area contributed by atoms with Crippen molar-refractivity contribution in [2.24, 2.45) is 0 Å². The van der Waals surface area contributed by atoms with Crippen LogP contribution in [0, 0.1) is 6.92 Å². The van der Waals surface area contributed by atoms with E-state index in [0.717, 1.165) is 34.2 Å². The molecule has 198 valence electrons. The summed E-state index contributed by atoms with van der Waals surface area (Å²) in [5.41, 5.74) is 1.82. The largest absolute Gasteiger partial charge is 0.496 e. The number of para-hydroxylation sites is 1. The molecule has 4 rings (SSSR count). The summed E-state index contributed by atoms with van der Waals surface area (Å²) >= 11 is 8.45. The summed E-state index contributed by atoms with van der Waals surface area (Å²) in [4.78, 5) is 44.4. The minimum Gasteiger partial charge on any atom is -0.496 e.